The normalized spacial score (nSPS) is 18.9. The summed E-state index contributed by atoms with van der Waals surface area (Å²) in [6.07, 6.45) is 2.61. The number of furan rings is 1. The summed E-state index contributed by atoms with van der Waals surface area (Å²) in [6, 6.07) is 12.5. The van der Waals surface area contributed by atoms with Gasteiger partial charge in [0.2, 0.25) is 0 Å². The molecule has 1 aliphatic rings. The highest BCUT2D eigenvalue weighted by molar-refractivity contribution is 6.33. The molecule has 2 heterocycles. The molecule has 3 rings (SSSR count). The number of hydrogen-bond donors (Lipinski definition) is 1. The van der Waals surface area contributed by atoms with Crippen LogP contribution in [0.15, 0.2) is 40.8 Å². The Morgan fingerprint density at radius 3 is 2.95 bits per heavy atom. The molecule has 1 aromatic carbocycles. The van der Waals surface area contributed by atoms with Gasteiger partial charge < -0.3 is 9.73 Å². The van der Waals surface area contributed by atoms with Crippen LogP contribution in [0.2, 0.25) is 5.02 Å². The molecule has 4 heteroatoms. The van der Waals surface area contributed by atoms with E-state index in [-0.39, 0.29) is 0 Å². The number of benzene rings is 1. The second-order valence-electron chi connectivity index (χ2n) is 5.80. The van der Waals surface area contributed by atoms with Crippen molar-refractivity contribution in [2.24, 2.45) is 0 Å². The Balaban J connectivity index is 1.55. The summed E-state index contributed by atoms with van der Waals surface area (Å²) in [4.78, 5) is 2.55. The fraction of sp³-hybridized carbons (Fsp3) is 0.444. The van der Waals surface area contributed by atoms with Crippen LogP contribution in [0, 0.1) is 0 Å². The van der Waals surface area contributed by atoms with E-state index in [1.165, 1.54) is 19.4 Å². The van der Waals surface area contributed by atoms with Crippen molar-refractivity contribution in [2.45, 2.75) is 32.4 Å². The summed E-state index contributed by atoms with van der Waals surface area (Å²) in [6.45, 7) is 6.40. The molecule has 0 bridgehead atoms. The first-order chi connectivity index (χ1) is 10.8. The van der Waals surface area contributed by atoms with Gasteiger partial charge in [-0.2, -0.15) is 0 Å². The van der Waals surface area contributed by atoms with Crippen LogP contribution in [-0.2, 0) is 6.54 Å². The molecule has 2 aromatic rings. The zero-order chi connectivity index (χ0) is 15.4. The average Bonchev–Trinajstić information content (AvgIpc) is 3.17. The molecule has 0 spiro atoms. The summed E-state index contributed by atoms with van der Waals surface area (Å²) in [5.41, 5.74) is 0.948. The van der Waals surface area contributed by atoms with Crippen LogP contribution < -0.4 is 5.32 Å². The molecule has 1 atom stereocenters. The van der Waals surface area contributed by atoms with E-state index >= 15 is 0 Å². The van der Waals surface area contributed by atoms with E-state index < -0.39 is 0 Å². The third kappa shape index (κ3) is 3.54. The molecule has 0 radical (unpaired) electrons. The minimum Gasteiger partial charge on any atom is -0.460 e. The summed E-state index contributed by atoms with van der Waals surface area (Å²) in [7, 11) is 0. The van der Waals surface area contributed by atoms with Gasteiger partial charge in [-0.15, -0.1) is 0 Å². The second-order valence-corrected chi connectivity index (χ2v) is 6.21. The third-order valence-electron chi connectivity index (χ3n) is 4.39. The lowest BCUT2D eigenvalue weighted by Gasteiger charge is -2.22. The molecule has 0 saturated carbocycles. The summed E-state index contributed by atoms with van der Waals surface area (Å²) in [5, 5.41) is 4.24. The SMILES string of the molecule is CCN1CCCC1CNCc1ccc(-c2ccccc2Cl)o1. The second kappa shape index (κ2) is 7.32. The van der Waals surface area contributed by atoms with Gasteiger partial charge in [0.25, 0.3) is 0 Å². The van der Waals surface area contributed by atoms with Crippen LogP contribution in [-0.4, -0.2) is 30.6 Å². The van der Waals surface area contributed by atoms with Crippen molar-refractivity contribution in [1.29, 1.82) is 0 Å². The van der Waals surface area contributed by atoms with Crippen LogP contribution in [0.4, 0.5) is 0 Å². The maximum Gasteiger partial charge on any atom is 0.135 e. The van der Waals surface area contributed by atoms with Crippen LogP contribution in [0.1, 0.15) is 25.5 Å². The molecule has 1 fully saturated rings. The molecule has 1 N–H and O–H groups in total. The fourth-order valence-corrected chi connectivity index (χ4v) is 3.41. The van der Waals surface area contributed by atoms with Gasteiger partial charge in [0.15, 0.2) is 0 Å². The molecule has 22 heavy (non-hydrogen) atoms. The number of halogens is 1. The van der Waals surface area contributed by atoms with Gasteiger partial charge in [-0.3, -0.25) is 4.90 Å². The Morgan fingerprint density at radius 2 is 2.14 bits per heavy atom. The van der Waals surface area contributed by atoms with Gasteiger partial charge in [0.05, 0.1) is 11.6 Å². The van der Waals surface area contributed by atoms with Gasteiger partial charge >= 0.3 is 0 Å². The van der Waals surface area contributed by atoms with Gasteiger partial charge in [-0.05, 0) is 50.2 Å². The smallest absolute Gasteiger partial charge is 0.135 e. The Bertz CT molecular complexity index is 611. The Hall–Kier alpha value is -1.29. The van der Waals surface area contributed by atoms with Gasteiger partial charge in [0.1, 0.15) is 11.5 Å². The summed E-state index contributed by atoms with van der Waals surface area (Å²) < 4.78 is 5.91. The molecule has 118 valence electrons. The Morgan fingerprint density at radius 1 is 1.27 bits per heavy atom. The van der Waals surface area contributed by atoms with Crippen molar-refractivity contribution in [3.05, 3.63) is 47.2 Å². The Labute approximate surface area is 137 Å². The minimum atomic E-state index is 0.669. The number of hydrogen-bond acceptors (Lipinski definition) is 3. The number of rotatable bonds is 6. The number of likely N-dealkylation sites (tertiary alicyclic amines) is 1. The first-order valence-electron chi connectivity index (χ1n) is 8.06. The average molecular weight is 319 g/mol. The zero-order valence-electron chi connectivity index (χ0n) is 13.0. The van der Waals surface area contributed by atoms with E-state index in [1.54, 1.807) is 0 Å². The molecule has 1 aromatic heterocycles. The van der Waals surface area contributed by atoms with E-state index in [0.29, 0.717) is 6.04 Å². The lowest BCUT2D eigenvalue weighted by Crippen LogP contribution is -2.37. The maximum atomic E-state index is 6.21. The van der Waals surface area contributed by atoms with Crippen molar-refractivity contribution in [2.75, 3.05) is 19.6 Å². The highest BCUT2D eigenvalue weighted by atomic mass is 35.5. The quantitative estimate of drug-likeness (QED) is 0.866. The number of nitrogens with one attached hydrogen (secondary N) is 1. The van der Waals surface area contributed by atoms with E-state index in [9.17, 15) is 0 Å². The van der Waals surface area contributed by atoms with Crippen LogP contribution >= 0.6 is 11.6 Å². The van der Waals surface area contributed by atoms with E-state index in [4.69, 9.17) is 16.0 Å². The van der Waals surface area contributed by atoms with Crippen molar-refractivity contribution in [3.63, 3.8) is 0 Å². The largest absolute Gasteiger partial charge is 0.460 e. The predicted molar refractivity (Wildman–Crippen MR) is 91.1 cm³/mol. The lowest BCUT2D eigenvalue weighted by atomic mass is 10.2. The van der Waals surface area contributed by atoms with Crippen LogP contribution in [0.5, 0.6) is 0 Å². The minimum absolute atomic E-state index is 0.669. The topological polar surface area (TPSA) is 28.4 Å². The third-order valence-corrected chi connectivity index (χ3v) is 4.72. The van der Waals surface area contributed by atoms with Gasteiger partial charge in [0, 0.05) is 18.2 Å². The fourth-order valence-electron chi connectivity index (χ4n) is 3.18. The van der Waals surface area contributed by atoms with Crippen molar-refractivity contribution < 1.29 is 4.42 Å². The highest BCUT2D eigenvalue weighted by Gasteiger charge is 2.22. The van der Waals surface area contributed by atoms with Gasteiger partial charge in [-0.25, -0.2) is 0 Å². The predicted octanol–water partition coefficient (Wildman–Crippen LogP) is 4.17. The molecular weight excluding hydrogens is 296 g/mol. The number of nitrogens with zero attached hydrogens (tertiary/aromatic N) is 1. The van der Waals surface area contributed by atoms with Gasteiger partial charge in [-0.1, -0.05) is 30.7 Å². The van der Waals surface area contributed by atoms with Crippen LogP contribution in [0.3, 0.4) is 0 Å². The maximum absolute atomic E-state index is 6.21. The summed E-state index contributed by atoms with van der Waals surface area (Å²) >= 11 is 6.21. The van der Waals surface area contributed by atoms with Crippen molar-refractivity contribution >= 4 is 11.6 Å². The number of likely N-dealkylation sites (N-methyl/N-ethyl adjacent to an activating group) is 1. The van der Waals surface area contributed by atoms with Crippen LogP contribution in [0.25, 0.3) is 11.3 Å². The van der Waals surface area contributed by atoms with E-state index in [1.807, 2.05) is 36.4 Å². The zero-order valence-corrected chi connectivity index (χ0v) is 13.8. The molecule has 1 saturated heterocycles. The highest BCUT2D eigenvalue weighted by Crippen LogP contribution is 2.29. The Kier molecular flexibility index (Phi) is 5.19. The molecule has 1 aliphatic heterocycles. The first kappa shape index (κ1) is 15.6. The molecule has 0 amide bonds. The molecule has 1 unspecified atom stereocenters. The standard InChI is InChI=1S/C18H23ClN2O/c1-2-21-11-5-6-14(21)12-20-13-15-9-10-18(22-15)16-7-3-4-8-17(16)19/h3-4,7-10,14,20H,2,5-6,11-13H2,1H3. The first-order valence-corrected chi connectivity index (χ1v) is 8.44. The molecule has 3 nitrogen and oxygen atoms in total. The molecular formula is C18H23ClN2O. The monoisotopic (exact) mass is 318 g/mol. The summed E-state index contributed by atoms with van der Waals surface area (Å²) in [5.74, 6) is 1.79. The molecule has 0 aliphatic carbocycles. The van der Waals surface area contributed by atoms with Crippen molar-refractivity contribution in [1.82, 2.24) is 10.2 Å². The van der Waals surface area contributed by atoms with Crippen molar-refractivity contribution in [3.8, 4) is 11.3 Å². The van der Waals surface area contributed by atoms with E-state index in [0.717, 1.165) is 41.7 Å². The lowest BCUT2D eigenvalue weighted by molar-refractivity contribution is 0.258. The van der Waals surface area contributed by atoms with E-state index in [2.05, 4.69) is 17.1 Å².